The highest BCUT2D eigenvalue weighted by Gasteiger charge is 2.41. The SMILES string of the molecule is CCCCCOC(=O)c1ccc(N2C(=O)c3c(Br)c(Br)c(Br)c(Br)c3C2=O)cc1. The van der Waals surface area contributed by atoms with E-state index < -0.39 is 17.8 Å². The maximum absolute atomic E-state index is 13.0. The molecule has 9 heteroatoms. The van der Waals surface area contributed by atoms with Gasteiger partial charge in [-0.25, -0.2) is 9.69 Å². The number of rotatable bonds is 6. The van der Waals surface area contributed by atoms with Crippen molar-refractivity contribution in [2.75, 3.05) is 11.5 Å². The molecule has 0 spiro atoms. The average Bonchev–Trinajstić information content (AvgIpc) is 2.98. The maximum atomic E-state index is 13.0. The first-order chi connectivity index (χ1) is 13.8. The van der Waals surface area contributed by atoms with E-state index in [2.05, 4.69) is 70.6 Å². The summed E-state index contributed by atoms with van der Waals surface area (Å²) in [6.07, 6.45) is 2.87. The maximum Gasteiger partial charge on any atom is 0.338 e. The molecule has 1 aliphatic rings. The van der Waals surface area contributed by atoms with Gasteiger partial charge in [-0.1, -0.05) is 19.8 Å². The van der Waals surface area contributed by atoms with Gasteiger partial charge in [0.1, 0.15) is 0 Å². The van der Waals surface area contributed by atoms with Crippen molar-refractivity contribution in [1.82, 2.24) is 0 Å². The molecule has 2 aromatic carbocycles. The van der Waals surface area contributed by atoms with Crippen LogP contribution in [-0.4, -0.2) is 24.4 Å². The zero-order valence-electron chi connectivity index (χ0n) is 15.2. The molecule has 0 bridgehead atoms. The molecule has 0 fully saturated rings. The molecule has 0 aromatic heterocycles. The molecule has 1 aliphatic heterocycles. The fourth-order valence-electron chi connectivity index (χ4n) is 2.93. The third kappa shape index (κ3) is 4.24. The van der Waals surface area contributed by atoms with Gasteiger partial charge in [-0.05, 0) is 94.4 Å². The van der Waals surface area contributed by atoms with E-state index in [4.69, 9.17) is 4.74 Å². The second kappa shape index (κ2) is 9.41. The Morgan fingerprint density at radius 1 is 0.862 bits per heavy atom. The van der Waals surface area contributed by atoms with Crippen LogP contribution in [0, 0.1) is 0 Å². The highest BCUT2D eigenvalue weighted by molar-refractivity contribution is 9.15. The number of amides is 2. The van der Waals surface area contributed by atoms with Gasteiger partial charge in [0, 0.05) is 17.9 Å². The van der Waals surface area contributed by atoms with Crippen molar-refractivity contribution < 1.29 is 19.1 Å². The molecule has 0 atom stereocenters. The Hall–Kier alpha value is -1.03. The van der Waals surface area contributed by atoms with Crippen molar-refractivity contribution >= 4 is 87.2 Å². The lowest BCUT2D eigenvalue weighted by atomic mass is 10.1. The molecular weight excluding hydrogens is 638 g/mol. The topological polar surface area (TPSA) is 63.7 Å². The smallest absolute Gasteiger partial charge is 0.338 e. The third-order valence-electron chi connectivity index (χ3n) is 4.44. The fraction of sp³-hybridized carbons (Fsp3) is 0.250. The summed E-state index contributed by atoms with van der Waals surface area (Å²) >= 11 is 13.6. The van der Waals surface area contributed by atoms with Gasteiger partial charge in [-0.3, -0.25) is 9.59 Å². The normalized spacial score (nSPS) is 13.1. The second-order valence-corrected chi connectivity index (χ2v) is 9.51. The summed E-state index contributed by atoms with van der Waals surface area (Å²) in [5.41, 5.74) is 1.30. The van der Waals surface area contributed by atoms with Crippen LogP contribution in [0.5, 0.6) is 0 Å². The van der Waals surface area contributed by atoms with Crippen molar-refractivity contribution in [3.05, 3.63) is 58.8 Å². The molecule has 0 saturated carbocycles. The molecule has 0 saturated heterocycles. The number of ether oxygens (including phenoxy) is 1. The van der Waals surface area contributed by atoms with Gasteiger partial charge in [-0.2, -0.15) is 0 Å². The lowest BCUT2D eigenvalue weighted by Crippen LogP contribution is -2.29. The number of carbonyl (C=O) groups excluding carboxylic acids is 3. The van der Waals surface area contributed by atoms with Crippen molar-refractivity contribution in [2.24, 2.45) is 0 Å². The fourth-order valence-corrected chi connectivity index (χ4v) is 5.39. The number of benzene rings is 2. The summed E-state index contributed by atoms with van der Waals surface area (Å²) in [6.45, 7) is 2.45. The van der Waals surface area contributed by atoms with Crippen LogP contribution in [0.2, 0.25) is 0 Å². The summed E-state index contributed by atoms with van der Waals surface area (Å²) in [7, 11) is 0. The van der Waals surface area contributed by atoms with E-state index in [1.165, 1.54) is 0 Å². The predicted molar refractivity (Wildman–Crippen MR) is 125 cm³/mol. The Balaban J connectivity index is 1.86. The summed E-state index contributed by atoms with van der Waals surface area (Å²) in [5, 5.41) is 0. The minimum Gasteiger partial charge on any atom is -0.462 e. The lowest BCUT2D eigenvalue weighted by molar-refractivity contribution is 0.0498. The van der Waals surface area contributed by atoms with E-state index >= 15 is 0 Å². The van der Waals surface area contributed by atoms with Crippen LogP contribution in [0.15, 0.2) is 42.2 Å². The van der Waals surface area contributed by atoms with E-state index in [1.54, 1.807) is 24.3 Å². The first kappa shape index (κ1) is 22.7. The number of imide groups is 1. The Morgan fingerprint density at radius 3 is 1.86 bits per heavy atom. The molecule has 0 aliphatic carbocycles. The largest absolute Gasteiger partial charge is 0.462 e. The standard InChI is InChI=1S/C20H15Br4NO4/c1-2-3-4-9-29-20(28)10-5-7-11(8-6-10)25-18(26)12-13(19(25)27)15(22)17(24)16(23)14(12)21/h5-8H,2-4,9H2,1H3. The zero-order chi connectivity index (χ0) is 21.3. The molecule has 5 nitrogen and oxygen atoms in total. The molecule has 3 rings (SSSR count). The molecular formula is C20H15Br4NO4. The highest BCUT2D eigenvalue weighted by Crippen LogP contribution is 2.46. The molecule has 29 heavy (non-hydrogen) atoms. The quantitative estimate of drug-likeness (QED) is 0.112. The van der Waals surface area contributed by atoms with Crippen LogP contribution in [0.3, 0.4) is 0 Å². The van der Waals surface area contributed by atoms with E-state index in [9.17, 15) is 14.4 Å². The third-order valence-corrected chi connectivity index (χ3v) is 9.21. The summed E-state index contributed by atoms with van der Waals surface area (Å²) in [4.78, 5) is 39.2. The van der Waals surface area contributed by atoms with Gasteiger partial charge in [0.2, 0.25) is 0 Å². The summed E-state index contributed by atoms with van der Waals surface area (Å²) < 4.78 is 7.49. The van der Waals surface area contributed by atoms with Crippen molar-refractivity contribution in [1.29, 1.82) is 0 Å². The van der Waals surface area contributed by atoms with E-state index in [0.29, 0.717) is 35.7 Å². The van der Waals surface area contributed by atoms with Crippen molar-refractivity contribution in [2.45, 2.75) is 26.2 Å². The molecule has 1 heterocycles. The lowest BCUT2D eigenvalue weighted by Gasteiger charge is -2.14. The highest BCUT2D eigenvalue weighted by atomic mass is 79.9. The number of nitrogens with zero attached hydrogens (tertiary/aromatic N) is 1. The number of esters is 1. The Kier molecular flexibility index (Phi) is 7.35. The predicted octanol–water partition coefficient (Wildman–Crippen LogP) is 6.88. The summed E-state index contributed by atoms with van der Waals surface area (Å²) in [6, 6.07) is 6.24. The van der Waals surface area contributed by atoms with Crippen LogP contribution >= 0.6 is 63.7 Å². The summed E-state index contributed by atoms with van der Waals surface area (Å²) in [5.74, 6) is -1.31. The van der Waals surface area contributed by atoms with Gasteiger partial charge >= 0.3 is 5.97 Å². The van der Waals surface area contributed by atoms with Crippen LogP contribution in [0.4, 0.5) is 5.69 Å². The zero-order valence-corrected chi connectivity index (χ0v) is 21.6. The molecule has 0 radical (unpaired) electrons. The van der Waals surface area contributed by atoms with Gasteiger partial charge < -0.3 is 4.74 Å². The number of hydrogen-bond acceptors (Lipinski definition) is 4. The van der Waals surface area contributed by atoms with Crippen LogP contribution in [-0.2, 0) is 4.74 Å². The first-order valence-electron chi connectivity index (χ1n) is 8.81. The van der Waals surface area contributed by atoms with E-state index in [1.807, 2.05) is 0 Å². The Morgan fingerprint density at radius 2 is 1.38 bits per heavy atom. The molecule has 152 valence electrons. The van der Waals surface area contributed by atoms with Gasteiger partial charge in [0.15, 0.2) is 0 Å². The Bertz CT molecular complexity index is 958. The molecule has 2 aromatic rings. The average molecular weight is 653 g/mol. The monoisotopic (exact) mass is 649 g/mol. The number of carbonyl (C=O) groups is 3. The first-order valence-corrected chi connectivity index (χ1v) is 12.0. The number of hydrogen-bond donors (Lipinski definition) is 0. The number of anilines is 1. The van der Waals surface area contributed by atoms with Crippen LogP contribution in [0.1, 0.15) is 57.3 Å². The molecule has 2 amide bonds. The molecule has 0 unspecified atom stereocenters. The number of unbranched alkanes of at least 4 members (excludes halogenated alkanes) is 2. The Labute approximate surface area is 201 Å². The van der Waals surface area contributed by atoms with Crippen molar-refractivity contribution in [3.63, 3.8) is 0 Å². The van der Waals surface area contributed by atoms with Crippen LogP contribution in [0.25, 0.3) is 0 Å². The van der Waals surface area contributed by atoms with Crippen molar-refractivity contribution in [3.8, 4) is 0 Å². The van der Waals surface area contributed by atoms with E-state index in [-0.39, 0.29) is 11.1 Å². The van der Waals surface area contributed by atoms with Gasteiger partial charge in [-0.15, -0.1) is 0 Å². The van der Waals surface area contributed by atoms with E-state index in [0.717, 1.165) is 24.2 Å². The minimum atomic E-state index is -0.444. The molecule has 0 N–H and O–H groups in total. The van der Waals surface area contributed by atoms with Crippen LogP contribution < -0.4 is 4.90 Å². The van der Waals surface area contributed by atoms with Gasteiger partial charge in [0.05, 0.1) is 29.0 Å². The second-order valence-electron chi connectivity index (χ2n) is 6.34. The number of fused-ring (bicyclic) bond motifs is 1. The van der Waals surface area contributed by atoms with Gasteiger partial charge in [0.25, 0.3) is 11.8 Å². The minimum absolute atomic E-state index is 0.274. The number of halogens is 4.